The molecule has 0 saturated heterocycles. The maximum atomic E-state index is 14.4. The number of hydrogen-bond acceptors (Lipinski definition) is 5. The minimum absolute atomic E-state index is 0.0113. The number of amides is 1. The molecule has 0 radical (unpaired) electrons. The number of rotatable bonds is 8. The smallest absolute Gasteiger partial charge is 0.267 e. The lowest BCUT2D eigenvalue weighted by atomic mass is 9.91. The quantitative estimate of drug-likeness (QED) is 0.442. The summed E-state index contributed by atoms with van der Waals surface area (Å²) in [5.41, 5.74) is 7.03. The summed E-state index contributed by atoms with van der Waals surface area (Å²) in [5, 5.41) is 8.45. The van der Waals surface area contributed by atoms with Crippen LogP contribution in [0.5, 0.6) is 0 Å². The van der Waals surface area contributed by atoms with Crippen molar-refractivity contribution in [3.05, 3.63) is 95.3 Å². The summed E-state index contributed by atoms with van der Waals surface area (Å²) >= 11 is 0. The molecule has 1 heterocycles. The van der Waals surface area contributed by atoms with Crippen LogP contribution in [-0.4, -0.2) is 37.5 Å². The predicted octanol–water partition coefficient (Wildman–Crippen LogP) is 4.73. The standard InChI is InChI=1S/C28H29FN2O5S/c1-28(2)26(19-12-10-18(11-13-19)20-6-5-7-22(16-20)27(30)33)37(34,35)31-25(36-28)17-21(14-15-32)23-8-3-4-9-24(23)29/h3-13,16,21,26,32H,14-15,17H2,1-2H3,(H2,30,33)/t21-,26+/m1/s1. The van der Waals surface area contributed by atoms with Crippen molar-refractivity contribution in [3.63, 3.8) is 0 Å². The van der Waals surface area contributed by atoms with Gasteiger partial charge in [0.25, 0.3) is 10.0 Å². The number of ether oxygens (including phenoxy) is 1. The molecule has 2 atom stereocenters. The molecule has 0 bridgehead atoms. The van der Waals surface area contributed by atoms with Crippen molar-refractivity contribution in [1.82, 2.24) is 0 Å². The number of sulfonamides is 1. The molecule has 0 fully saturated rings. The SMILES string of the molecule is CC1(C)OC(C[C@@H](CCO)c2ccccc2F)=NS(=O)(=O)[C@H]1c1ccc(-c2cccc(C(N)=O)c2)cc1. The summed E-state index contributed by atoms with van der Waals surface area (Å²) in [6.45, 7) is 3.16. The Bertz CT molecular complexity index is 1430. The van der Waals surface area contributed by atoms with E-state index in [0.29, 0.717) is 16.7 Å². The lowest BCUT2D eigenvalue weighted by Gasteiger charge is -2.38. The fourth-order valence-electron chi connectivity index (χ4n) is 4.82. The van der Waals surface area contributed by atoms with Gasteiger partial charge in [-0.1, -0.05) is 54.6 Å². The minimum Gasteiger partial charge on any atom is -0.472 e. The Kier molecular flexibility index (Phi) is 7.47. The van der Waals surface area contributed by atoms with Gasteiger partial charge in [-0.2, -0.15) is 0 Å². The van der Waals surface area contributed by atoms with Crippen LogP contribution in [0.4, 0.5) is 4.39 Å². The molecule has 0 saturated carbocycles. The van der Waals surface area contributed by atoms with Crippen molar-refractivity contribution < 1.29 is 27.4 Å². The molecule has 3 aromatic carbocycles. The van der Waals surface area contributed by atoms with Gasteiger partial charge < -0.3 is 15.6 Å². The van der Waals surface area contributed by atoms with Gasteiger partial charge in [-0.05, 0) is 66.6 Å². The molecule has 1 aliphatic heterocycles. The Balaban J connectivity index is 1.63. The third-order valence-corrected chi connectivity index (χ3v) is 8.37. The third-order valence-electron chi connectivity index (χ3n) is 6.48. The first kappa shape index (κ1) is 26.5. The van der Waals surface area contributed by atoms with Gasteiger partial charge in [0.2, 0.25) is 11.8 Å². The van der Waals surface area contributed by atoms with Crippen LogP contribution in [0.25, 0.3) is 11.1 Å². The van der Waals surface area contributed by atoms with E-state index in [2.05, 4.69) is 4.40 Å². The average Bonchev–Trinajstić information content (AvgIpc) is 2.83. The summed E-state index contributed by atoms with van der Waals surface area (Å²) < 4.78 is 51.2. The zero-order chi connectivity index (χ0) is 26.8. The number of nitrogens with two attached hydrogens (primary N) is 1. The van der Waals surface area contributed by atoms with Gasteiger partial charge in [-0.15, -0.1) is 4.40 Å². The first-order chi connectivity index (χ1) is 17.5. The van der Waals surface area contributed by atoms with E-state index in [0.717, 1.165) is 11.1 Å². The molecule has 37 heavy (non-hydrogen) atoms. The summed E-state index contributed by atoms with van der Waals surface area (Å²) in [4.78, 5) is 11.5. The molecule has 4 rings (SSSR count). The Morgan fingerprint density at radius 1 is 1.08 bits per heavy atom. The van der Waals surface area contributed by atoms with Crippen molar-refractivity contribution in [3.8, 4) is 11.1 Å². The predicted molar refractivity (Wildman–Crippen MR) is 140 cm³/mol. The highest BCUT2D eigenvalue weighted by Crippen LogP contribution is 2.42. The summed E-state index contributed by atoms with van der Waals surface area (Å²) in [6, 6.07) is 20.0. The highest BCUT2D eigenvalue weighted by molar-refractivity contribution is 7.90. The summed E-state index contributed by atoms with van der Waals surface area (Å²) in [6.07, 6.45) is 0.262. The molecule has 194 valence electrons. The lowest BCUT2D eigenvalue weighted by molar-refractivity contribution is 0.0797. The molecule has 0 aromatic heterocycles. The third kappa shape index (κ3) is 5.73. The van der Waals surface area contributed by atoms with E-state index in [1.165, 1.54) is 6.07 Å². The minimum atomic E-state index is -4.04. The normalized spacial score (nSPS) is 18.9. The molecule has 7 nitrogen and oxygen atoms in total. The van der Waals surface area contributed by atoms with Gasteiger partial charge in [0.1, 0.15) is 16.7 Å². The second-order valence-corrected chi connectivity index (χ2v) is 11.3. The Morgan fingerprint density at radius 3 is 2.41 bits per heavy atom. The molecular weight excluding hydrogens is 495 g/mol. The number of aliphatic hydroxyl groups is 1. The summed E-state index contributed by atoms with van der Waals surface area (Å²) in [7, 11) is -4.04. The zero-order valence-electron chi connectivity index (χ0n) is 20.6. The molecule has 1 amide bonds. The number of carbonyl (C=O) groups is 1. The van der Waals surface area contributed by atoms with E-state index >= 15 is 0 Å². The highest BCUT2D eigenvalue weighted by Gasteiger charge is 2.47. The van der Waals surface area contributed by atoms with Crippen LogP contribution in [0.15, 0.2) is 77.2 Å². The molecule has 3 N–H and O–H groups in total. The largest absolute Gasteiger partial charge is 0.472 e. The molecular formula is C28H29FN2O5S. The Hall–Kier alpha value is -3.56. The number of nitrogens with zero attached hydrogens (tertiary/aromatic N) is 1. The Labute approximate surface area is 215 Å². The van der Waals surface area contributed by atoms with Crippen molar-refractivity contribution >= 4 is 21.8 Å². The van der Waals surface area contributed by atoms with Gasteiger partial charge >= 0.3 is 0 Å². The number of aliphatic hydroxyl groups excluding tert-OH is 1. The number of hydrogen-bond donors (Lipinski definition) is 2. The lowest BCUT2D eigenvalue weighted by Crippen LogP contribution is -2.43. The molecule has 1 aliphatic rings. The van der Waals surface area contributed by atoms with Crippen LogP contribution < -0.4 is 5.73 Å². The van der Waals surface area contributed by atoms with Crippen LogP contribution >= 0.6 is 0 Å². The van der Waals surface area contributed by atoms with Crippen molar-refractivity contribution in [2.24, 2.45) is 10.1 Å². The van der Waals surface area contributed by atoms with Crippen molar-refractivity contribution in [2.45, 2.75) is 43.5 Å². The zero-order valence-corrected chi connectivity index (χ0v) is 21.4. The van der Waals surface area contributed by atoms with Crippen LogP contribution in [0, 0.1) is 5.82 Å². The first-order valence-electron chi connectivity index (χ1n) is 11.9. The second-order valence-electron chi connectivity index (χ2n) is 9.59. The number of carbonyl (C=O) groups excluding carboxylic acids is 1. The van der Waals surface area contributed by atoms with E-state index in [-0.39, 0.29) is 25.3 Å². The van der Waals surface area contributed by atoms with Crippen molar-refractivity contribution in [1.29, 1.82) is 0 Å². The molecule has 0 spiro atoms. The van der Waals surface area contributed by atoms with Gasteiger partial charge in [0.05, 0.1) is 0 Å². The highest BCUT2D eigenvalue weighted by atomic mass is 32.2. The van der Waals surface area contributed by atoms with E-state index in [1.54, 1.807) is 74.5 Å². The maximum absolute atomic E-state index is 14.4. The van der Waals surface area contributed by atoms with Crippen LogP contribution in [0.3, 0.4) is 0 Å². The van der Waals surface area contributed by atoms with Gasteiger partial charge in [0, 0.05) is 18.6 Å². The fourth-order valence-corrected chi connectivity index (χ4v) is 6.59. The first-order valence-corrected chi connectivity index (χ1v) is 13.4. The van der Waals surface area contributed by atoms with Crippen LogP contribution in [0.1, 0.15) is 59.3 Å². The van der Waals surface area contributed by atoms with E-state index in [1.807, 2.05) is 6.07 Å². The maximum Gasteiger partial charge on any atom is 0.267 e. The average molecular weight is 525 g/mol. The van der Waals surface area contributed by atoms with E-state index in [9.17, 15) is 22.7 Å². The summed E-state index contributed by atoms with van der Waals surface area (Å²) in [5.74, 6) is -1.47. The number of benzene rings is 3. The van der Waals surface area contributed by atoms with Crippen LogP contribution in [-0.2, 0) is 14.8 Å². The van der Waals surface area contributed by atoms with Gasteiger partial charge in [-0.3, -0.25) is 4.79 Å². The number of halogens is 1. The molecule has 3 aromatic rings. The Morgan fingerprint density at radius 2 is 1.78 bits per heavy atom. The fraction of sp³-hybridized carbons (Fsp3) is 0.286. The molecule has 9 heteroatoms. The van der Waals surface area contributed by atoms with Gasteiger partial charge in [0.15, 0.2) is 0 Å². The van der Waals surface area contributed by atoms with Crippen LogP contribution in [0.2, 0.25) is 0 Å². The molecule has 0 aliphatic carbocycles. The second kappa shape index (κ2) is 10.4. The monoisotopic (exact) mass is 524 g/mol. The molecule has 0 unspecified atom stereocenters. The van der Waals surface area contributed by atoms with Crippen molar-refractivity contribution in [2.75, 3.05) is 6.61 Å². The topological polar surface area (TPSA) is 119 Å². The van der Waals surface area contributed by atoms with E-state index < -0.39 is 38.5 Å². The number of primary amides is 1. The van der Waals surface area contributed by atoms with E-state index in [4.69, 9.17) is 10.5 Å². The van der Waals surface area contributed by atoms with Gasteiger partial charge in [-0.25, -0.2) is 12.8 Å².